The molecule has 2 fully saturated rings. The Morgan fingerprint density at radius 2 is 1.42 bits per heavy atom. The highest BCUT2D eigenvalue weighted by atomic mass is 28.4. The van der Waals surface area contributed by atoms with E-state index in [1.165, 1.54) is 6.33 Å². The lowest BCUT2D eigenvalue weighted by Gasteiger charge is -2.50. The minimum absolute atomic E-state index is 0.0828. The maximum absolute atomic E-state index is 14.1. The summed E-state index contributed by atoms with van der Waals surface area (Å²) in [5, 5.41) is -0.0855. The van der Waals surface area contributed by atoms with Gasteiger partial charge in [0.25, 0.3) is 11.8 Å². The van der Waals surface area contributed by atoms with Gasteiger partial charge in [0, 0.05) is 16.7 Å². The number of imidazole rings is 1. The van der Waals surface area contributed by atoms with Crippen LogP contribution in [0.15, 0.2) is 104 Å². The Hall–Kier alpha value is -4.59. The van der Waals surface area contributed by atoms with E-state index in [4.69, 9.17) is 23.6 Å². The Balaban J connectivity index is 1.31. The number of ether oxygens (including phenoxy) is 3. The van der Waals surface area contributed by atoms with Crippen LogP contribution in [0.25, 0.3) is 11.2 Å². The standard InChI is InChI=1S/C38H41N5O6Si/c1-38(2,3)50(4,5)49-31-28(21-46-29-22-47-37(48-32(29)31)27-19-13-8-14-20-27)42-24-41-30-33(42)39-23-40-34(30)43(35(44)25-15-9-6-10-16-25)36(45)26-17-11-7-12-18-26/h6-20,23-24,28-29,31-32,37H,21-22H2,1-5H3/t28-,29-,31-,32-,37-/m1/s1. The highest BCUT2D eigenvalue weighted by molar-refractivity contribution is 6.74. The van der Waals surface area contributed by atoms with Crippen LogP contribution in [0.5, 0.6) is 0 Å². The molecule has 11 nitrogen and oxygen atoms in total. The molecule has 258 valence electrons. The molecule has 2 aromatic heterocycles. The molecule has 3 aromatic carbocycles. The lowest BCUT2D eigenvalue weighted by molar-refractivity contribution is -0.304. The summed E-state index contributed by atoms with van der Waals surface area (Å²) in [4.78, 5) is 43.1. The van der Waals surface area contributed by atoms with Crippen molar-refractivity contribution in [3.8, 4) is 0 Å². The van der Waals surface area contributed by atoms with Crippen LogP contribution < -0.4 is 4.90 Å². The number of carbonyl (C=O) groups excluding carboxylic acids is 2. The van der Waals surface area contributed by atoms with Gasteiger partial charge in [0.1, 0.15) is 18.5 Å². The van der Waals surface area contributed by atoms with Gasteiger partial charge in [0.05, 0.1) is 31.7 Å². The second-order valence-corrected chi connectivity index (χ2v) is 18.9. The first-order chi connectivity index (χ1) is 24.0. The average Bonchev–Trinajstić information content (AvgIpc) is 3.57. The highest BCUT2D eigenvalue weighted by Crippen LogP contribution is 2.44. The fourth-order valence-corrected chi connectivity index (χ4v) is 7.48. The third-order valence-corrected chi connectivity index (χ3v) is 14.4. The summed E-state index contributed by atoms with van der Waals surface area (Å²) in [7, 11) is -2.37. The van der Waals surface area contributed by atoms with E-state index in [1.54, 1.807) is 54.9 Å². The number of anilines is 1. The van der Waals surface area contributed by atoms with Crippen LogP contribution in [0.2, 0.25) is 18.1 Å². The van der Waals surface area contributed by atoms with Gasteiger partial charge in [0.2, 0.25) is 0 Å². The van der Waals surface area contributed by atoms with E-state index >= 15 is 0 Å². The molecule has 0 radical (unpaired) electrons. The fourth-order valence-electron chi connectivity index (χ4n) is 6.15. The molecule has 2 amide bonds. The van der Waals surface area contributed by atoms with Crippen molar-refractivity contribution in [2.45, 2.75) is 69.5 Å². The van der Waals surface area contributed by atoms with E-state index in [-0.39, 0.29) is 23.6 Å². The maximum Gasteiger partial charge on any atom is 0.266 e. The van der Waals surface area contributed by atoms with Crippen LogP contribution in [-0.4, -0.2) is 71.2 Å². The molecule has 0 bridgehead atoms. The van der Waals surface area contributed by atoms with Gasteiger partial charge in [-0.1, -0.05) is 87.5 Å². The summed E-state index contributed by atoms with van der Waals surface area (Å²) in [5.41, 5.74) is 2.31. The molecular weight excluding hydrogens is 651 g/mol. The minimum atomic E-state index is -2.37. The number of rotatable bonds is 7. The van der Waals surface area contributed by atoms with Gasteiger partial charge in [-0.05, 0) is 42.4 Å². The molecule has 2 aliphatic rings. The molecule has 12 heteroatoms. The molecule has 2 saturated heterocycles. The van der Waals surface area contributed by atoms with Crippen molar-refractivity contribution in [2.24, 2.45) is 0 Å². The third-order valence-electron chi connectivity index (χ3n) is 9.91. The smallest absolute Gasteiger partial charge is 0.266 e. The molecular formula is C38H41N5O6Si. The predicted octanol–water partition coefficient (Wildman–Crippen LogP) is 6.76. The predicted molar refractivity (Wildman–Crippen MR) is 190 cm³/mol. The zero-order chi connectivity index (χ0) is 35.0. The molecule has 7 rings (SSSR count). The van der Waals surface area contributed by atoms with Gasteiger partial charge in [0.15, 0.2) is 31.6 Å². The zero-order valence-corrected chi connectivity index (χ0v) is 29.8. The molecule has 0 aliphatic carbocycles. The van der Waals surface area contributed by atoms with Crippen molar-refractivity contribution in [3.05, 3.63) is 120 Å². The lowest BCUT2D eigenvalue weighted by atomic mass is 9.97. The third kappa shape index (κ3) is 6.40. The first-order valence-electron chi connectivity index (χ1n) is 16.8. The second kappa shape index (κ2) is 13.6. The summed E-state index contributed by atoms with van der Waals surface area (Å²) < 4.78 is 28.4. The van der Waals surface area contributed by atoms with Crippen LogP contribution >= 0.6 is 0 Å². The minimum Gasteiger partial charge on any atom is -0.409 e. The van der Waals surface area contributed by atoms with E-state index < -0.39 is 44.7 Å². The monoisotopic (exact) mass is 691 g/mol. The number of hydrogen-bond acceptors (Lipinski definition) is 9. The molecule has 2 aliphatic heterocycles. The Kier molecular flexibility index (Phi) is 9.22. The molecule has 0 saturated carbocycles. The van der Waals surface area contributed by atoms with Crippen molar-refractivity contribution in [1.29, 1.82) is 0 Å². The average molecular weight is 692 g/mol. The normalized spacial score (nSPS) is 22.5. The summed E-state index contributed by atoms with van der Waals surface area (Å²) in [6, 6.07) is 26.7. The number of amides is 2. The van der Waals surface area contributed by atoms with Crippen LogP contribution in [0.4, 0.5) is 5.82 Å². The fraction of sp³-hybridized carbons (Fsp3) is 0.342. The van der Waals surface area contributed by atoms with Gasteiger partial charge in [-0.25, -0.2) is 19.9 Å². The lowest BCUT2D eigenvalue weighted by Crippen LogP contribution is -2.60. The van der Waals surface area contributed by atoms with E-state index in [2.05, 4.69) is 43.8 Å². The van der Waals surface area contributed by atoms with Crippen LogP contribution in [0.1, 0.15) is 59.4 Å². The number of nitrogens with zero attached hydrogens (tertiary/aromatic N) is 5. The molecule has 0 spiro atoms. The summed E-state index contributed by atoms with van der Waals surface area (Å²) in [6.45, 7) is 11.7. The Bertz CT molecular complexity index is 1920. The van der Waals surface area contributed by atoms with Crippen LogP contribution in [0.3, 0.4) is 0 Å². The van der Waals surface area contributed by atoms with Crippen LogP contribution in [-0.2, 0) is 18.6 Å². The first-order valence-corrected chi connectivity index (χ1v) is 19.7. The summed E-state index contributed by atoms with van der Waals surface area (Å²) in [6.07, 6.45) is 1.17. The highest BCUT2D eigenvalue weighted by Gasteiger charge is 2.51. The number of benzene rings is 3. The molecule has 0 unspecified atom stereocenters. The quantitative estimate of drug-likeness (QED) is 0.135. The zero-order valence-electron chi connectivity index (χ0n) is 28.8. The van der Waals surface area contributed by atoms with Gasteiger partial charge in [-0.3, -0.25) is 9.59 Å². The van der Waals surface area contributed by atoms with Crippen molar-refractivity contribution in [3.63, 3.8) is 0 Å². The topological polar surface area (TPSA) is 118 Å². The SMILES string of the molecule is CC(C)(C)[Si](C)(C)O[C@H]1[C@@H]2O[C@H](c3ccccc3)OC[C@H]2OC[C@H]1n1cnc2c(N(C(=O)c3ccccc3)C(=O)c3ccccc3)ncnc21. The molecule has 0 N–H and O–H groups in total. The number of fused-ring (bicyclic) bond motifs is 2. The molecule has 5 aromatic rings. The Morgan fingerprint density at radius 1 is 0.820 bits per heavy atom. The van der Waals surface area contributed by atoms with E-state index in [9.17, 15) is 9.59 Å². The summed E-state index contributed by atoms with van der Waals surface area (Å²) in [5.74, 6) is -0.974. The van der Waals surface area contributed by atoms with Gasteiger partial charge in [-0.15, -0.1) is 0 Å². The Labute approximate surface area is 292 Å². The van der Waals surface area contributed by atoms with Crippen molar-refractivity contribution < 1.29 is 28.2 Å². The van der Waals surface area contributed by atoms with E-state index in [0.29, 0.717) is 28.9 Å². The second-order valence-electron chi connectivity index (χ2n) is 14.2. The van der Waals surface area contributed by atoms with Crippen molar-refractivity contribution in [2.75, 3.05) is 18.1 Å². The largest absolute Gasteiger partial charge is 0.409 e. The van der Waals surface area contributed by atoms with Crippen LogP contribution in [0, 0.1) is 0 Å². The Morgan fingerprint density at radius 3 is 2.02 bits per heavy atom. The van der Waals surface area contributed by atoms with E-state index in [1.807, 2.05) is 47.0 Å². The molecule has 50 heavy (non-hydrogen) atoms. The van der Waals surface area contributed by atoms with E-state index in [0.717, 1.165) is 10.5 Å². The summed E-state index contributed by atoms with van der Waals surface area (Å²) >= 11 is 0. The molecule has 5 atom stereocenters. The number of hydrogen-bond donors (Lipinski definition) is 0. The number of imide groups is 1. The van der Waals surface area contributed by atoms with Crippen molar-refractivity contribution >= 4 is 37.1 Å². The maximum atomic E-state index is 14.1. The van der Waals surface area contributed by atoms with Gasteiger partial charge < -0.3 is 23.2 Å². The molecule has 4 heterocycles. The van der Waals surface area contributed by atoms with Crippen molar-refractivity contribution in [1.82, 2.24) is 19.5 Å². The van der Waals surface area contributed by atoms with Gasteiger partial charge in [-0.2, -0.15) is 0 Å². The number of carbonyl (C=O) groups is 2. The first kappa shape index (κ1) is 33.9. The number of aromatic nitrogens is 4. The van der Waals surface area contributed by atoms with Gasteiger partial charge >= 0.3 is 0 Å².